The van der Waals surface area contributed by atoms with Crippen LogP contribution in [0.2, 0.25) is 0 Å². The number of hydrogen-bond donors (Lipinski definition) is 1. The zero-order valence-corrected chi connectivity index (χ0v) is 11.9. The summed E-state index contributed by atoms with van der Waals surface area (Å²) in [5.41, 5.74) is 3.82. The molecule has 1 aromatic rings. The molecule has 1 unspecified atom stereocenters. The van der Waals surface area contributed by atoms with E-state index in [1.165, 1.54) is 21.4 Å². The molecule has 2 rings (SSSR count). The molecule has 2 nitrogen and oxygen atoms in total. The number of nitrogens with one attached hydrogen (secondary N) is 1. The highest BCUT2D eigenvalue weighted by Crippen LogP contribution is 2.38. The first kappa shape index (κ1) is 11.8. The van der Waals surface area contributed by atoms with Gasteiger partial charge in [-0.1, -0.05) is 13.8 Å². The summed E-state index contributed by atoms with van der Waals surface area (Å²) in [5.74, 6) is 0.642. The first-order chi connectivity index (χ1) is 7.49. The lowest BCUT2D eigenvalue weighted by molar-refractivity contribution is 0.514. The van der Waals surface area contributed by atoms with Crippen molar-refractivity contribution in [1.82, 2.24) is 0 Å². The summed E-state index contributed by atoms with van der Waals surface area (Å²) in [6, 6.07) is 4.93. The van der Waals surface area contributed by atoms with Gasteiger partial charge in [0.2, 0.25) is 0 Å². The Morgan fingerprint density at radius 1 is 1.44 bits per heavy atom. The SMILES string of the molecule is Cc1cc(Br)c2c(c1)N(C)CC(C(C)C)N2. The molecular weight excluding hydrogens is 264 g/mol. The van der Waals surface area contributed by atoms with Crippen molar-refractivity contribution < 1.29 is 0 Å². The third-order valence-electron chi connectivity index (χ3n) is 3.23. The van der Waals surface area contributed by atoms with Gasteiger partial charge in [-0.15, -0.1) is 0 Å². The van der Waals surface area contributed by atoms with Crippen LogP contribution in [0.1, 0.15) is 19.4 Å². The summed E-state index contributed by atoms with van der Waals surface area (Å²) in [6.07, 6.45) is 0. The summed E-state index contributed by atoms with van der Waals surface area (Å²) in [7, 11) is 2.17. The standard InChI is InChI=1S/C13H19BrN2/c1-8(2)11-7-16(4)12-6-9(3)5-10(14)13(12)15-11/h5-6,8,11,15H,7H2,1-4H3. The molecular formula is C13H19BrN2. The van der Waals surface area contributed by atoms with E-state index in [4.69, 9.17) is 0 Å². The van der Waals surface area contributed by atoms with E-state index in [0.717, 1.165) is 6.54 Å². The van der Waals surface area contributed by atoms with E-state index in [2.05, 4.69) is 66.1 Å². The molecule has 1 atom stereocenters. The van der Waals surface area contributed by atoms with Crippen LogP contribution in [0.3, 0.4) is 0 Å². The van der Waals surface area contributed by atoms with E-state index in [1.807, 2.05) is 0 Å². The summed E-state index contributed by atoms with van der Waals surface area (Å²) >= 11 is 3.65. The molecule has 0 amide bonds. The fourth-order valence-electron chi connectivity index (χ4n) is 2.17. The van der Waals surface area contributed by atoms with E-state index in [-0.39, 0.29) is 0 Å². The Morgan fingerprint density at radius 3 is 2.75 bits per heavy atom. The van der Waals surface area contributed by atoms with Gasteiger partial charge >= 0.3 is 0 Å². The number of rotatable bonds is 1. The molecule has 0 aliphatic carbocycles. The maximum atomic E-state index is 3.65. The lowest BCUT2D eigenvalue weighted by Crippen LogP contribution is -2.42. The van der Waals surface area contributed by atoms with Crippen molar-refractivity contribution in [3.8, 4) is 0 Å². The molecule has 0 saturated heterocycles. The number of nitrogens with zero attached hydrogens (tertiary/aromatic N) is 1. The Labute approximate surface area is 106 Å². The first-order valence-electron chi connectivity index (χ1n) is 5.77. The maximum absolute atomic E-state index is 3.65. The average molecular weight is 283 g/mol. The van der Waals surface area contributed by atoms with Gasteiger partial charge < -0.3 is 10.2 Å². The van der Waals surface area contributed by atoms with Crippen LogP contribution in [0.4, 0.5) is 11.4 Å². The van der Waals surface area contributed by atoms with Crippen LogP contribution < -0.4 is 10.2 Å². The number of likely N-dealkylation sites (N-methyl/N-ethyl adjacent to an activating group) is 1. The van der Waals surface area contributed by atoms with Crippen LogP contribution >= 0.6 is 15.9 Å². The van der Waals surface area contributed by atoms with Gasteiger partial charge in [0, 0.05) is 24.1 Å². The van der Waals surface area contributed by atoms with Crippen molar-refractivity contribution in [1.29, 1.82) is 0 Å². The summed E-state index contributed by atoms with van der Waals surface area (Å²) in [6.45, 7) is 7.73. The van der Waals surface area contributed by atoms with Gasteiger partial charge in [0.15, 0.2) is 0 Å². The van der Waals surface area contributed by atoms with Crippen LogP contribution in [0.15, 0.2) is 16.6 Å². The Bertz CT molecular complexity index is 401. The second-order valence-corrected chi connectivity index (χ2v) is 5.87. The molecule has 0 aromatic heterocycles. The number of benzene rings is 1. The zero-order valence-electron chi connectivity index (χ0n) is 10.3. The molecule has 0 radical (unpaired) electrons. The van der Waals surface area contributed by atoms with Crippen LogP contribution in [-0.2, 0) is 0 Å². The lowest BCUT2D eigenvalue weighted by atomic mass is 9.99. The summed E-state index contributed by atoms with van der Waals surface area (Å²) in [5, 5.41) is 3.63. The summed E-state index contributed by atoms with van der Waals surface area (Å²) in [4.78, 5) is 2.34. The molecule has 0 spiro atoms. The number of hydrogen-bond acceptors (Lipinski definition) is 2. The Hall–Kier alpha value is -0.700. The van der Waals surface area contributed by atoms with Crippen LogP contribution in [0.5, 0.6) is 0 Å². The molecule has 1 aliphatic rings. The molecule has 0 fully saturated rings. The van der Waals surface area contributed by atoms with Crippen LogP contribution in [0.25, 0.3) is 0 Å². The monoisotopic (exact) mass is 282 g/mol. The fourth-order valence-corrected chi connectivity index (χ4v) is 2.85. The van der Waals surface area contributed by atoms with E-state index < -0.39 is 0 Å². The Balaban J connectivity index is 2.42. The third kappa shape index (κ3) is 2.05. The second-order valence-electron chi connectivity index (χ2n) is 5.02. The minimum absolute atomic E-state index is 0.525. The molecule has 3 heteroatoms. The lowest BCUT2D eigenvalue weighted by Gasteiger charge is -2.37. The Morgan fingerprint density at radius 2 is 2.12 bits per heavy atom. The largest absolute Gasteiger partial charge is 0.378 e. The van der Waals surface area contributed by atoms with Crippen molar-refractivity contribution in [3.63, 3.8) is 0 Å². The van der Waals surface area contributed by atoms with Gasteiger partial charge in [0.25, 0.3) is 0 Å². The quantitative estimate of drug-likeness (QED) is 0.846. The Kier molecular flexibility index (Phi) is 3.15. The second kappa shape index (κ2) is 4.28. The van der Waals surface area contributed by atoms with Crippen molar-refractivity contribution in [3.05, 3.63) is 22.2 Å². The van der Waals surface area contributed by atoms with Crippen LogP contribution in [0, 0.1) is 12.8 Å². The number of anilines is 2. The van der Waals surface area contributed by atoms with E-state index in [1.54, 1.807) is 0 Å². The molecule has 88 valence electrons. The van der Waals surface area contributed by atoms with Gasteiger partial charge in [-0.25, -0.2) is 0 Å². The highest BCUT2D eigenvalue weighted by Gasteiger charge is 2.25. The smallest absolute Gasteiger partial charge is 0.0725 e. The van der Waals surface area contributed by atoms with Crippen molar-refractivity contribution in [2.45, 2.75) is 26.8 Å². The van der Waals surface area contributed by atoms with Gasteiger partial charge in [-0.2, -0.15) is 0 Å². The molecule has 16 heavy (non-hydrogen) atoms. The summed E-state index contributed by atoms with van der Waals surface area (Å²) < 4.78 is 1.17. The maximum Gasteiger partial charge on any atom is 0.0725 e. The molecule has 0 bridgehead atoms. The molecule has 1 N–H and O–H groups in total. The normalized spacial score (nSPS) is 19.6. The zero-order chi connectivity index (χ0) is 11.9. The third-order valence-corrected chi connectivity index (χ3v) is 3.86. The first-order valence-corrected chi connectivity index (χ1v) is 6.56. The molecule has 1 aliphatic heterocycles. The highest BCUT2D eigenvalue weighted by atomic mass is 79.9. The predicted octanol–water partition coefficient (Wildman–Crippen LogP) is 3.64. The van der Waals surface area contributed by atoms with Gasteiger partial charge in [0.1, 0.15) is 0 Å². The van der Waals surface area contributed by atoms with Crippen LogP contribution in [-0.4, -0.2) is 19.6 Å². The topological polar surface area (TPSA) is 15.3 Å². The molecule has 0 saturated carbocycles. The van der Waals surface area contributed by atoms with E-state index in [9.17, 15) is 0 Å². The van der Waals surface area contributed by atoms with E-state index in [0.29, 0.717) is 12.0 Å². The predicted molar refractivity (Wildman–Crippen MR) is 74.4 cm³/mol. The highest BCUT2D eigenvalue weighted by molar-refractivity contribution is 9.10. The van der Waals surface area contributed by atoms with Crippen molar-refractivity contribution >= 4 is 27.3 Å². The number of fused-ring (bicyclic) bond motifs is 1. The fraction of sp³-hybridized carbons (Fsp3) is 0.538. The minimum Gasteiger partial charge on any atom is -0.378 e. The van der Waals surface area contributed by atoms with Gasteiger partial charge in [0.05, 0.1) is 11.4 Å². The van der Waals surface area contributed by atoms with E-state index >= 15 is 0 Å². The van der Waals surface area contributed by atoms with Gasteiger partial charge in [-0.3, -0.25) is 0 Å². The van der Waals surface area contributed by atoms with Crippen molar-refractivity contribution in [2.75, 3.05) is 23.8 Å². The number of aryl methyl sites for hydroxylation is 1. The minimum atomic E-state index is 0.525. The average Bonchev–Trinajstić information content (AvgIpc) is 2.19. The molecule has 1 aromatic carbocycles. The van der Waals surface area contributed by atoms with Crippen molar-refractivity contribution in [2.24, 2.45) is 5.92 Å². The number of halogens is 1. The van der Waals surface area contributed by atoms with Gasteiger partial charge in [-0.05, 0) is 46.5 Å². The molecule has 1 heterocycles.